The van der Waals surface area contributed by atoms with E-state index >= 15 is 0 Å². The Morgan fingerprint density at radius 2 is 2.11 bits per heavy atom. The summed E-state index contributed by atoms with van der Waals surface area (Å²) in [7, 11) is 1.59. The molecule has 0 heterocycles. The van der Waals surface area contributed by atoms with Crippen LogP contribution in [0.3, 0.4) is 0 Å². The zero-order valence-electron chi connectivity index (χ0n) is 10.4. The minimum absolute atomic E-state index is 0.167. The van der Waals surface area contributed by atoms with E-state index in [1.807, 2.05) is 0 Å². The van der Waals surface area contributed by atoms with E-state index in [4.69, 9.17) is 10.5 Å². The van der Waals surface area contributed by atoms with Gasteiger partial charge in [0.05, 0.1) is 5.56 Å². The molecular weight excluding hydrogens is 277 g/mol. The molecule has 7 heteroatoms. The molecule has 3 nitrogen and oxygen atoms in total. The van der Waals surface area contributed by atoms with Crippen molar-refractivity contribution in [3.63, 3.8) is 0 Å². The summed E-state index contributed by atoms with van der Waals surface area (Å²) in [6.45, 7) is 1.17. The number of hydrogen-bond acceptors (Lipinski definition) is 3. The second-order valence-electron chi connectivity index (χ2n) is 3.90. The zero-order chi connectivity index (χ0) is 14.5. The molecule has 0 saturated heterocycles. The molecule has 0 aromatic heterocycles. The first-order chi connectivity index (χ1) is 8.86. The van der Waals surface area contributed by atoms with E-state index in [0.29, 0.717) is 18.8 Å². The highest BCUT2D eigenvalue weighted by atomic mass is 32.1. The predicted molar refractivity (Wildman–Crippen MR) is 72.3 cm³/mol. The maximum Gasteiger partial charge on any atom is 0.417 e. The molecule has 0 saturated carbocycles. The average Bonchev–Trinajstić information content (AvgIpc) is 2.33. The van der Waals surface area contributed by atoms with Gasteiger partial charge in [0.1, 0.15) is 4.99 Å². The Labute approximate surface area is 114 Å². The van der Waals surface area contributed by atoms with Gasteiger partial charge in [-0.25, -0.2) is 0 Å². The van der Waals surface area contributed by atoms with Crippen LogP contribution in [0.5, 0.6) is 0 Å². The largest absolute Gasteiger partial charge is 0.417 e. The second kappa shape index (κ2) is 6.72. The highest BCUT2D eigenvalue weighted by Crippen LogP contribution is 2.33. The van der Waals surface area contributed by atoms with Gasteiger partial charge in [-0.05, 0) is 24.6 Å². The average molecular weight is 292 g/mol. The van der Waals surface area contributed by atoms with Crippen molar-refractivity contribution in [2.45, 2.75) is 12.6 Å². The lowest BCUT2D eigenvalue weighted by Crippen LogP contribution is -2.18. The fourth-order valence-electron chi connectivity index (χ4n) is 1.55. The Hall–Kier alpha value is -1.34. The van der Waals surface area contributed by atoms with E-state index in [1.165, 1.54) is 12.1 Å². The molecule has 0 spiro atoms. The van der Waals surface area contributed by atoms with E-state index in [0.717, 1.165) is 12.5 Å². The summed E-state index contributed by atoms with van der Waals surface area (Å²) in [5.41, 5.74) is 4.90. The number of rotatable bonds is 6. The second-order valence-corrected chi connectivity index (χ2v) is 4.34. The van der Waals surface area contributed by atoms with Crippen LogP contribution >= 0.6 is 12.2 Å². The third-order valence-corrected chi connectivity index (χ3v) is 2.66. The summed E-state index contributed by atoms with van der Waals surface area (Å²) in [5, 5.41) is 2.99. The van der Waals surface area contributed by atoms with Crippen molar-refractivity contribution in [2.75, 3.05) is 25.6 Å². The molecule has 19 heavy (non-hydrogen) atoms. The van der Waals surface area contributed by atoms with Crippen LogP contribution in [0.25, 0.3) is 0 Å². The molecule has 0 atom stereocenters. The summed E-state index contributed by atoms with van der Waals surface area (Å²) in [4.78, 5) is -0.270. The third-order valence-electron chi connectivity index (χ3n) is 2.44. The number of nitrogens with one attached hydrogen (secondary N) is 1. The normalized spacial score (nSPS) is 11.4. The number of ether oxygens (including phenoxy) is 1. The van der Waals surface area contributed by atoms with Crippen molar-refractivity contribution in [1.82, 2.24) is 0 Å². The van der Waals surface area contributed by atoms with Gasteiger partial charge in [-0.2, -0.15) is 13.2 Å². The van der Waals surface area contributed by atoms with Crippen molar-refractivity contribution in [3.8, 4) is 0 Å². The fraction of sp³-hybridized carbons (Fsp3) is 0.417. The highest BCUT2D eigenvalue weighted by molar-refractivity contribution is 7.80. The number of methoxy groups -OCH3 is 1. The molecule has 3 N–H and O–H groups in total. The minimum atomic E-state index is -4.46. The van der Waals surface area contributed by atoms with Crippen LogP contribution < -0.4 is 11.1 Å². The van der Waals surface area contributed by atoms with Crippen LogP contribution in [0.2, 0.25) is 0 Å². The first kappa shape index (κ1) is 15.7. The lowest BCUT2D eigenvalue weighted by atomic mass is 10.1. The summed E-state index contributed by atoms with van der Waals surface area (Å²) in [6, 6.07) is 3.66. The van der Waals surface area contributed by atoms with Crippen LogP contribution in [-0.4, -0.2) is 25.2 Å². The molecule has 0 unspecified atom stereocenters. The molecule has 0 bridgehead atoms. The molecule has 0 aliphatic rings. The number of nitrogens with two attached hydrogens (primary N) is 1. The van der Waals surface area contributed by atoms with Gasteiger partial charge in [0, 0.05) is 31.5 Å². The maximum atomic E-state index is 12.7. The smallest absolute Gasteiger partial charge is 0.389 e. The van der Waals surface area contributed by atoms with Crippen molar-refractivity contribution < 1.29 is 17.9 Å². The topological polar surface area (TPSA) is 47.3 Å². The van der Waals surface area contributed by atoms with Gasteiger partial charge in [0.15, 0.2) is 0 Å². The van der Waals surface area contributed by atoms with E-state index < -0.39 is 11.7 Å². The summed E-state index contributed by atoms with van der Waals surface area (Å²) >= 11 is 4.66. The molecule has 0 radical (unpaired) electrons. The van der Waals surface area contributed by atoms with Crippen molar-refractivity contribution in [3.05, 3.63) is 29.3 Å². The van der Waals surface area contributed by atoms with Gasteiger partial charge in [-0.3, -0.25) is 0 Å². The summed E-state index contributed by atoms with van der Waals surface area (Å²) in [5.74, 6) is 0. The van der Waals surface area contributed by atoms with Crippen molar-refractivity contribution in [2.24, 2.45) is 5.73 Å². The van der Waals surface area contributed by atoms with E-state index in [9.17, 15) is 13.2 Å². The van der Waals surface area contributed by atoms with Gasteiger partial charge in [0.2, 0.25) is 0 Å². The van der Waals surface area contributed by atoms with Crippen LogP contribution in [0.15, 0.2) is 18.2 Å². The van der Waals surface area contributed by atoms with E-state index in [-0.39, 0.29) is 10.6 Å². The first-order valence-electron chi connectivity index (χ1n) is 5.60. The molecule has 0 aliphatic heterocycles. The molecule has 0 amide bonds. The SMILES string of the molecule is COCCCNc1ccc(C(F)(F)F)c(C(N)=S)c1. The Kier molecular flexibility index (Phi) is 5.56. The van der Waals surface area contributed by atoms with Crippen LogP contribution in [0.1, 0.15) is 17.5 Å². The molecular formula is C12H15F3N2OS. The lowest BCUT2D eigenvalue weighted by molar-refractivity contribution is -0.137. The fourth-order valence-corrected chi connectivity index (χ4v) is 1.72. The molecule has 0 fully saturated rings. The minimum Gasteiger partial charge on any atom is -0.389 e. The maximum absolute atomic E-state index is 12.7. The number of alkyl halides is 3. The molecule has 106 valence electrons. The molecule has 0 aliphatic carbocycles. The summed E-state index contributed by atoms with van der Waals surface area (Å²) in [6.07, 6.45) is -3.72. The van der Waals surface area contributed by atoms with Crippen molar-refractivity contribution >= 4 is 22.9 Å². The lowest BCUT2D eigenvalue weighted by Gasteiger charge is -2.14. The van der Waals surface area contributed by atoms with E-state index in [2.05, 4.69) is 17.5 Å². The Bertz CT molecular complexity index is 449. The standard InChI is InChI=1S/C12H15F3N2OS/c1-18-6-2-5-17-8-3-4-10(12(13,14)15)9(7-8)11(16)19/h3-4,7,17H,2,5-6H2,1H3,(H2,16,19). The first-order valence-corrected chi connectivity index (χ1v) is 6.01. The predicted octanol–water partition coefficient (Wildman–Crippen LogP) is 2.79. The zero-order valence-corrected chi connectivity index (χ0v) is 11.2. The van der Waals surface area contributed by atoms with Crippen LogP contribution in [0.4, 0.5) is 18.9 Å². The van der Waals surface area contributed by atoms with Crippen molar-refractivity contribution in [1.29, 1.82) is 0 Å². The van der Waals surface area contributed by atoms with E-state index in [1.54, 1.807) is 7.11 Å². The number of benzene rings is 1. The van der Waals surface area contributed by atoms with Gasteiger partial charge < -0.3 is 15.8 Å². The summed E-state index contributed by atoms with van der Waals surface area (Å²) < 4.78 is 43.1. The number of anilines is 1. The van der Waals surface area contributed by atoms with Gasteiger partial charge >= 0.3 is 6.18 Å². The Balaban J connectivity index is 2.88. The molecule has 1 aromatic rings. The highest BCUT2D eigenvalue weighted by Gasteiger charge is 2.33. The quantitative estimate of drug-likeness (QED) is 0.625. The monoisotopic (exact) mass is 292 g/mol. The molecule has 1 aromatic carbocycles. The molecule has 1 rings (SSSR count). The van der Waals surface area contributed by atoms with Gasteiger partial charge in [0.25, 0.3) is 0 Å². The Morgan fingerprint density at radius 3 is 2.63 bits per heavy atom. The van der Waals surface area contributed by atoms with Gasteiger partial charge in [-0.1, -0.05) is 12.2 Å². The number of thiocarbonyl (C=S) groups is 1. The van der Waals surface area contributed by atoms with Gasteiger partial charge in [-0.15, -0.1) is 0 Å². The number of halogens is 3. The van der Waals surface area contributed by atoms with Crippen LogP contribution in [-0.2, 0) is 10.9 Å². The number of hydrogen-bond donors (Lipinski definition) is 2. The van der Waals surface area contributed by atoms with Crippen LogP contribution in [0, 0.1) is 0 Å². The third kappa shape index (κ3) is 4.68. The Morgan fingerprint density at radius 1 is 1.42 bits per heavy atom.